The quantitative estimate of drug-likeness (QED) is 0.130. The van der Waals surface area contributed by atoms with E-state index in [1.807, 2.05) is 25.1 Å². The summed E-state index contributed by atoms with van der Waals surface area (Å²) in [7, 11) is 0. The minimum absolute atomic E-state index is 0.0854. The number of halogens is 1. The summed E-state index contributed by atoms with van der Waals surface area (Å²) in [5.41, 5.74) is 2.48. The van der Waals surface area contributed by atoms with Crippen molar-refractivity contribution >= 4 is 44.1 Å². The normalized spacial score (nSPS) is 17.1. The van der Waals surface area contributed by atoms with E-state index in [0.29, 0.717) is 34.1 Å². The Labute approximate surface area is 217 Å². The van der Waals surface area contributed by atoms with Crippen molar-refractivity contribution in [1.82, 2.24) is 4.98 Å². The lowest BCUT2D eigenvalue weighted by Gasteiger charge is -2.23. The standard InChI is InChI=1S/C29H25FN2O4S/c1-3-4-14-36-21-7-5-6-19(16-21)26(33)24-25(18-9-11-20(30)12-10-18)32(28(35)27(24)34)29-31-22-13-8-17(2)15-23(22)37-29/h5-13,15-16,25,33H,3-4,14H2,1-2H3. The number of aliphatic hydroxyl groups is 1. The van der Waals surface area contributed by atoms with Gasteiger partial charge < -0.3 is 9.84 Å². The van der Waals surface area contributed by atoms with Gasteiger partial charge in [0, 0.05) is 5.56 Å². The van der Waals surface area contributed by atoms with Crippen molar-refractivity contribution in [2.24, 2.45) is 0 Å². The zero-order chi connectivity index (χ0) is 26.1. The van der Waals surface area contributed by atoms with Gasteiger partial charge in [-0.05, 0) is 60.9 Å². The zero-order valence-electron chi connectivity index (χ0n) is 20.4. The number of anilines is 1. The van der Waals surface area contributed by atoms with Crippen molar-refractivity contribution in [3.8, 4) is 5.75 Å². The molecule has 0 bridgehead atoms. The number of amides is 1. The number of fused-ring (bicyclic) bond motifs is 1. The predicted molar refractivity (Wildman–Crippen MR) is 142 cm³/mol. The van der Waals surface area contributed by atoms with Crippen molar-refractivity contribution in [3.05, 3.63) is 94.8 Å². The number of ether oxygens (including phenoxy) is 1. The molecule has 188 valence electrons. The maximum atomic E-state index is 13.8. The summed E-state index contributed by atoms with van der Waals surface area (Å²) >= 11 is 1.28. The highest BCUT2D eigenvalue weighted by Crippen LogP contribution is 2.44. The van der Waals surface area contributed by atoms with E-state index >= 15 is 0 Å². The van der Waals surface area contributed by atoms with Crippen LogP contribution in [0.15, 0.2) is 72.3 Å². The fourth-order valence-corrected chi connectivity index (χ4v) is 5.43. The summed E-state index contributed by atoms with van der Waals surface area (Å²) in [6.07, 6.45) is 1.86. The van der Waals surface area contributed by atoms with E-state index in [2.05, 4.69) is 11.9 Å². The first kappa shape index (κ1) is 24.6. The van der Waals surface area contributed by atoms with Gasteiger partial charge in [-0.2, -0.15) is 0 Å². The molecule has 1 unspecified atom stereocenters. The van der Waals surface area contributed by atoms with E-state index in [1.165, 1.54) is 40.5 Å². The number of ketones is 1. The predicted octanol–water partition coefficient (Wildman–Crippen LogP) is 6.55. The largest absolute Gasteiger partial charge is 0.507 e. The number of aliphatic hydroxyl groups excluding tert-OH is 1. The third kappa shape index (κ3) is 4.72. The Bertz CT molecular complexity index is 1530. The van der Waals surface area contributed by atoms with Gasteiger partial charge in [0.05, 0.1) is 28.4 Å². The van der Waals surface area contributed by atoms with Gasteiger partial charge in [0.15, 0.2) is 5.13 Å². The molecular weight excluding hydrogens is 491 g/mol. The molecular formula is C29H25FN2O4S. The monoisotopic (exact) mass is 516 g/mol. The Balaban J connectivity index is 1.64. The van der Waals surface area contributed by atoms with Crippen LogP contribution in [0.25, 0.3) is 16.0 Å². The van der Waals surface area contributed by atoms with Crippen molar-refractivity contribution in [2.75, 3.05) is 11.5 Å². The van der Waals surface area contributed by atoms with Gasteiger partial charge in [0.2, 0.25) is 0 Å². The lowest BCUT2D eigenvalue weighted by Crippen LogP contribution is -2.29. The molecule has 1 fully saturated rings. The average Bonchev–Trinajstić information content (AvgIpc) is 3.42. The van der Waals surface area contributed by atoms with Gasteiger partial charge in [-0.15, -0.1) is 0 Å². The van der Waals surface area contributed by atoms with Crippen LogP contribution in [-0.2, 0) is 9.59 Å². The second-order valence-electron chi connectivity index (χ2n) is 8.92. The highest BCUT2D eigenvalue weighted by Gasteiger charge is 2.48. The fraction of sp³-hybridized carbons (Fsp3) is 0.207. The first-order chi connectivity index (χ1) is 17.9. The molecule has 1 N–H and O–H groups in total. The number of thiazole rings is 1. The van der Waals surface area contributed by atoms with Gasteiger partial charge in [0.1, 0.15) is 17.3 Å². The maximum Gasteiger partial charge on any atom is 0.301 e. The molecule has 1 aromatic heterocycles. The molecule has 1 saturated heterocycles. The van der Waals surface area contributed by atoms with E-state index in [0.717, 1.165) is 23.1 Å². The van der Waals surface area contributed by atoms with Crippen LogP contribution in [0.5, 0.6) is 5.75 Å². The lowest BCUT2D eigenvalue weighted by atomic mass is 9.95. The maximum absolute atomic E-state index is 13.8. The number of nitrogens with zero attached hydrogens (tertiary/aromatic N) is 2. The minimum Gasteiger partial charge on any atom is -0.507 e. The molecule has 0 saturated carbocycles. The summed E-state index contributed by atoms with van der Waals surface area (Å²) in [5.74, 6) is -1.87. The lowest BCUT2D eigenvalue weighted by molar-refractivity contribution is -0.132. The number of rotatable bonds is 7. The molecule has 0 radical (unpaired) electrons. The first-order valence-electron chi connectivity index (χ1n) is 12.0. The van der Waals surface area contributed by atoms with E-state index in [1.54, 1.807) is 24.3 Å². The highest BCUT2D eigenvalue weighted by atomic mass is 32.1. The Morgan fingerprint density at radius 1 is 1.11 bits per heavy atom. The Kier molecular flexibility index (Phi) is 6.76. The molecule has 6 nitrogen and oxygen atoms in total. The molecule has 37 heavy (non-hydrogen) atoms. The fourth-order valence-electron chi connectivity index (χ4n) is 4.34. The van der Waals surface area contributed by atoms with Crippen molar-refractivity contribution in [2.45, 2.75) is 32.7 Å². The van der Waals surface area contributed by atoms with E-state index in [-0.39, 0.29) is 11.3 Å². The van der Waals surface area contributed by atoms with Crippen molar-refractivity contribution < 1.29 is 23.8 Å². The van der Waals surface area contributed by atoms with Crippen molar-refractivity contribution in [3.63, 3.8) is 0 Å². The zero-order valence-corrected chi connectivity index (χ0v) is 21.2. The summed E-state index contributed by atoms with van der Waals surface area (Å²) in [5, 5.41) is 11.7. The number of hydrogen-bond acceptors (Lipinski definition) is 6. The van der Waals surface area contributed by atoms with Gasteiger partial charge in [-0.3, -0.25) is 14.5 Å². The average molecular weight is 517 g/mol. The number of hydrogen-bond donors (Lipinski definition) is 1. The summed E-state index contributed by atoms with van der Waals surface area (Å²) < 4.78 is 20.4. The highest BCUT2D eigenvalue weighted by molar-refractivity contribution is 7.22. The molecule has 1 atom stereocenters. The molecule has 8 heteroatoms. The molecule has 2 heterocycles. The number of carbonyl (C=O) groups excluding carboxylic acids is 2. The summed E-state index contributed by atoms with van der Waals surface area (Å²) in [4.78, 5) is 32.7. The topological polar surface area (TPSA) is 79.7 Å². The molecule has 0 aliphatic carbocycles. The molecule has 0 spiro atoms. The smallest absolute Gasteiger partial charge is 0.301 e. The van der Waals surface area contributed by atoms with E-state index < -0.39 is 23.5 Å². The third-order valence-electron chi connectivity index (χ3n) is 6.24. The Morgan fingerprint density at radius 3 is 2.65 bits per heavy atom. The molecule has 1 aliphatic rings. The van der Waals surface area contributed by atoms with E-state index in [4.69, 9.17) is 4.74 Å². The van der Waals surface area contributed by atoms with Crippen LogP contribution in [0, 0.1) is 12.7 Å². The van der Waals surface area contributed by atoms with Gasteiger partial charge in [0.25, 0.3) is 5.78 Å². The molecule has 1 aliphatic heterocycles. The van der Waals surface area contributed by atoms with Crippen LogP contribution in [0.2, 0.25) is 0 Å². The number of benzene rings is 3. The van der Waals surface area contributed by atoms with Gasteiger partial charge in [-0.1, -0.05) is 55.0 Å². The molecule has 3 aromatic carbocycles. The summed E-state index contributed by atoms with van der Waals surface area (Å²) in [6, 6.07) is 17.1. The molecule has 4 aromatic rings. The van der Waals surface area contributed by atoms with Gasteiger partial charge >= 0.3 is 5.91 Å². The Hall–Kier alpha value is -4.04. The number of aromatic nitrogens is 1. The van der Waals surface area contributed by atoms with Crippen molar-refractivity contribution in [1.29, 1.82) is 0 Å². The number of Topliss-reactive ketones (excluding diaryl/α,β-unsaturated/α-hetero) is 1. The molecule has 5 rings (SSSR count). The van der Waals surface area contributed by atoms with E-state index in [9.17, 15) is 19.1 Å². The van der Waals surface area contributed by atoms with Crippen LogP contribution >= 0.6 is 11.3 Å². The second-order valence-corrected chi connectivity index (χ2v) is 9.93. The van der Waals surface area contributed by atoms with Gasteiger partial charge in [-0.25, -0.2) is 9.37 Å². The van der Waals surface area contributed by atoms with Crippen LogP contribution < -0.4 is 9.64 Å². The third-order valence-corrected chi connectivity index (χ3v) is 7.26. The van der Waals surface area contributed by atoms with Crippen LogP contribution in [-0.4, -0.2) is 28.4 Å². The summed E-state index contributed by atoms with van der Waals surface area (Å²) in [6.45, 7) is 4.55. The van der Waals surface area contributed by atoms with Crippen LogP contribution in [0.4, 0.5) is 9.52 Å². The Morgan fingerprint density at radius 2 is 1.89 bits per heavy atom. The number of aryl methyl sites for hydroxylation is 1. The molecule has 1 amide bonds. The van der Waals surface area contributed by atoms with Crippen LogP contribution in [0.3, 0.4) is 0 Å². The number of carbonyl (C=O) groups is 2. The SMILES string of the molecule is CCCCOc1cccc(C(O)=C2C(=O)C(=O)N(c3nc4ccc(C)cc4s3)C2c2ccc(F)cc2)c1. The minimum atomic E-state index is -0.980. The van der Waals surface area contributed by atoms with Crippen LogP contribution in [0.1, 0.15) is 42.5 Å². The first-order valence-corrected chi connectivity index (χ1v) is 12.9. The second kappa shape index (κ2) is 10.1. The number of unbranched alkanes of at least 4 members (excludes halogenated alkanes) is 1.